The quantitative estimate of drug-likeness (QED) is 0.350. The van der Waals surface area contributed by atoms with Gasteiger partial charge >= 0.3 is 12.1 Å². The highest BCUT2D eigenvalue weighted by atomic mass is 19.4. The van der Waals surface area contributed by atoms with Crippen molar-refractivity contribution < 1.29 is 37.1 Å². The molecule has 210 valence electrons. The van der Waals surface area contributed by atoms with E-state index in [1.807, 2.05) is 19.2 Å². The second-order valence-corrected chi connectivity index (χ2v) is 12.8. The highest BCUT2D eigenvalue weighted by Gasteiger charge is 2.70. The van der Waals surface area contributed by atoms with Gasteiger partial charge in [-0.05, 0) is 61.2 Å². The van der Waals surface area contributed by atoms with Crippen LogP contribution in [0.15, 0.2) is 0 Å². The molecule has 0 aromatic rings. The van der Waals surface area contributed by atoms with Gasteiger partial charge in [0, 0.05) is 18.0 Å². The molecule has 6 atom stereocenters. The van der Waals surface area contributed by atoms with Gasteiger partial charge in [0.1, 0.15) is 18.1 Å². The molecule has 0 bridgehead atoms. The normalized spacial score (nSPS) is 32.6. The fraction of sp³-hybridized carbons (Fsp3) is 0.800. The molecule has 5 N–H and O–H groups in total. The summed E-state index contributed by atoms with van der Waals surface area (Å²) in [5.74, 6) is -5.40. The molecule has 5 fully saturated rings. The summed E-state index contributed by atoms with van der Waals surface area (Å²) >= 11 is 0. The number of nitrogens with one attached hydrogen (secondary N) is 3. The van der Waals surface area contributed by atoms with E-state index in [1.165, 1.54) is 4.90 Å². The molecule has 1 spiro atoms. The predicted octanol–water partition coefficient (Wildman–Crippen LogP) is 0.346. The monoisotopic (exact) mass is 541 g/mol. The molecule has 3 saturated carbocycles. The number of piperidine rings is 1. The minimum Gasteiger partial charge on any atom is -0.368 e. The summed E-state index contributed by atoms with van der Waals surface area (Å²) in [5.41, 5.74) is 4.22. The van der Waals surface area contributed by atoms with Gasteiger partial charge < -0.3 is 26.6 Å². The van der Waals surface area contributed by atoms with E-state index in [1.54, 1.807) is 6.92 Å². The second-order valence-electron chi connectivity index (χ2n) is 12.8. The molecule has 3 aliphatic carbocycles. The first-order valence-corrected chi connectivity index (χ1v) is 13.1. The number of hydrogen-bond donors (Lipinski definition) is 4. The Balaban J connectivity index is 1.33. The summed E-state index contributed by atoms with van der Waals surface area (Å²) in [4.78, 5) is 64.9. The summed E-state index contributed by atoms with van der Waals surface area (Å²) in [5, 5.41) is 7.44. The number of carbonyl (C=O) groups is 5. The minimum absolute atomic E-state index is 0.0230. The van der Waals surface area contributed by atoms with E-state index in [9.17, 15) is 37.1 Å². The van der Waals surface area contributed by atoms with Gasteiger partial charge in [-0.3, -0.25) is 24.0 Å². The maximum Gasteiger partial charge on any atom is 0.471 e. The van der Waals surface area contributed by atoms with Gasteiger partial charge in [0.2, 0.25) is 23.6 Å². The smallest absolute Gasteiger partial charge is 0.368 e. The third-order valence-corrected chi connectivity index (χ3v) is 9.71. The van der Waals surface area contributed by atoms with E-state index in [-0.39, 0.29) is 41.7 Å². The lowest BCUT2D eigenvalue weighted by molar-refractivity contribution is -0.176. The average molecular weight is 542 g/mol. The lowest BCUT2D eigenvalue weighted by Gasteiger charge is -2.35. The molecule has 38 heavy (non-hydrogen) atoms. The zero-order valence-electron chi connectivity index (χ0n) is 21.6. The van der Waals surface area contributed by atoms with Crippen molar-refractivity contribution in [2.24, 2.45) is 34.3 Å². The summed E-state index contributed by atoms with van der Waals surface area (Å²) in [6, 6.07) is -3.62. The minimum atomic E-state index is -5.16. The van der Waals surface area contributed by atoms with E-state index >= 15 is 0 Å². The number of hydrogen-bond acceptors (Lipinski definition) is 5. The van der Waals surface area contributed by atoms with Crippen LogP contribution in [-0.2, 0) is 24.0 Å². The fourth-order valence-corrected chi connectivity index (χ4v) is 6.65. The third-order valence-electron chi connectivity index (χ3n) is 9.71. The highest BCUT2D eigenvalue weighted by Crippen LogP contribution is 2.65. The zero-order valence-corrected chi connectivity index (χ0v) is 21.6. The molecular formula is C25H34F3N5O5. The van der Waals surface area contributed by atoms with Crippen LogP contribution < -0.4 is 21.7 Å². The van der Waals surface area contributed by atoms with Crippen LogP contribution in [0.2, 0.25) is 0 Å². The maximum atomic E-state index is 13.6. The number of carbonyl (C=O) groups excluding carboxylic acids is 5. The standard InChI is InChI=1S/C25H34F3N5O5/c1-22(2)12-10-33(20(37)16(23(3)4-5-23)31-21(38)25(26,27)28)15(14(12)22)19(36)30-13(17(29)34)8-11-9-24(6-7-24)32-18(11)35/h11-16H,4-10H2,1-3H3,(H2,29,34)(H,30,36)(H,31,38)(H,32,35)/t11-,12?,13+,14?,15?,16?/m1/s1. The zero-order chi connectivity index (χ0) is 28.0. The third kappa shape index (κ3) is 4.51. The first kappa shape index (κ1) is 26.7. The highest BCUT2D eigenvalue weighted by molar-refractivity contribution is 5.96. The van der Waals surface area contributed by atoms with Crippen LogP contribution in [0.4, 0.5) is 13.2 Å². The van der Waals surface area contributed by atoms with Crippen molar-refractivity contribution in [1.82, 2.24) is 20.9 Å². The molecule has 10 nitrogen and oxygen atoms in total. The van der Waals surface area contributed by atoms with E-state index in [0.29, 0.717) is 19.3 Å². The second kappa shape index (κ2) is 8.32. The number of rotatable bonds is 8. The number of nitrogens with zero attached hydrogens (tertiary/aromatic N) is 1. The maximum absolute atomic E-state index is 13.6. The van der Waals surface area contributed by atoms with Crippen molar-refractivity contribution in [2.75, 3.05) is 6.54 Å². The van der Waals surface area contributed by atoms with E-state index in [4.69, 9.17) is 5.73 Å². The van der Waals surface area contributed by atoms with Crippen LogP contribution >= 0.6 is 0 Å². The first-order chi connectivity index (χ1) is 17.5. The fourth-order valence-electron chi connectivity index (χ4n) is 6.65. The summed E-state index contributed by atoms with van der Waals surface area (Å²) in [6.45, 7) is 5.67. The Bertz CT molecular complexity index is 1100. The van der Waals surface area contributed by atoms with Gasteiger partial charge in [-0.2, -0.15) is 13.2 Å². The molecule has 2 heterocycles. The molecule has 13 heteroatoms. The Labute approximate surface area is 218 Å². The Morgan fingerprint density at radius 3 is 2.24 bits per heavy atom. The van der Waals surface area contributed by atoms with Crippen LogP contribution in [0.3, 0.4) is 0 Å². The SMILES string of the molecule is CC1(C(NC(=O)C(F)(F)F)C(=O)N2CC3C(C2C(=O)N[C@@H](C[C@@H]2CC4(CC4)NC2=O)C(N)=O)C3(C)C)CC1. The van der Waals surface area contributed by atoms with Crippen LogP contribution in [0, 0.1) is 28.6 Å². The number of primary amides is 1. The first-order valence-electron chi connectivity index (χ1n) is 13.1. The van der Waals surface area contributed by atoms with Gasteiger partial charge in [0.15, 0.2) is 0 Å². The van der Waals surface area contributed by atoms with E-state index in [0.717, 1.165) is 12.8 Å². The van der Waals surface area contributed by atoms with Gasteiger partial charge in [0.25, 0.3) is 0 Å². The molecule has 2 aliphatic heterocycles. The lowest BCUT2D eigenvalue weighted by atomic mass is 9.93. The van der Waals surface area contributed by atoms with Crippen LogP contribution in [0.25, 0.3) is 0 Å². The van der Waals surface area contributed by atoms with E-state index in [2.05, 4.69) is 10.6 Å². The van der Waals surface area contributed by atoms with Crippen molar-refractivity contribution in [3.8, 4) is 0 Å². The number of halogens is 3. The predicted molar refractivity (Wildman–Crippen MR) is 126 cm³/mol. The van der Waals surface area contributed by atoms with Crippen LogP contribution in [-0.4, -0.2) is 70.8 Å². The van der Waals surface area contributed by atoms with Crippen molar-refractivity contribution in [1.29, 1.82) is 0 Å². The number of alkyl halides is 3. The largest absolute Gasteiger partial charge is 0.471 e. The molecular weight excluding hydrogens is 507 g/mol. The number of likely N-dealkylation sites (tertiary alicyclic amines) is 1. The Hall–Kier alpha value is -2.86. The molecule has 2 saturated heterocycles. The molecule has 5 amide bonds. The summed E-state index contributed by atoms with van der Waals surface area (Å²) < 4.78 is 39.1. The Kier molecular flexibility index (Phi) is 5.85. The molecule has 5 aliphatic rings. The molecule has 5 rings (SSSR count). The van der Waals surface area contributed by atoms with Gasteiger partial charge in [-0.1, -0.05) is 20.8 Å². The van der Waals surface area contributed by atoms with Crippen molar-refractivity contribution in [2.45, 2.75) is 89.1 Å². The van der Waals surface area contributed by atoms with Crippen molar-refractivity contribution >= 4 is 29.5 Å². The number of nitrogens with two attached hydrogens (primary N) is 1. The van der Waals surface area contributed by atoms with Crippen LogP contribution in [0.1, 0.15) is 59.3 Å². The number of fused-ring (bicyclic) bond motifs is 1. The van der Waals surface area contributed by atoms with Crippen molar-refractivity contribution in [3.63, 3.8) is 0 Å². The van der Waals surface area contributed by atoms with Gasteiger partial charge in [-0.15, -0.1) is 0 Å². The Morgan fingerprint density at radius 1 is 1.11 bits per heavy atom. The topological polar surface area (TPSA) is 151 Å². The lowest BCUT2D eigenvalue weighted by Crippen LogP contribution is -2.60. The molecule has 0 aromatic carbocycles. The van der Waals surface area contributed by atoms with Gasteiger partial charge in [0.05, 0.1) is 0 Å². The molecule has 0 radical (unpaired) electrons. The van der Waals surface area contributed by atoms with Crippen LogP contribution in [0.5, 0.6) is 0 Å². The molecule has 4 unspecified atom stereocenters. The van der Waals surface area contributed by atoms with Crippen molar-refractivity contribution in [3.05, 3.63) is 0 Å². The Morgan fingerprint density at radius 2 is 1.74 bits per heavy atom. The summed E-state index contributed by atoms with van der Waals surface area (Å²) in [7, 11) is 0. The molecule has 0 aromatic heterocycles. The van der Waals surface area contributed by atoms with Gasteiger partial charge in [-0.25, -0.2) is 0 Å². The average Bonchev–Trinajstić information content (AvgIpc) is 3.73. The summed E-state index contributed by atoms with van der Waals surface area (Å²) in [6.07, 6.45) is -1.93. The van der Waals surface area contributed by atoms with E-state index < -0.39 is 59.3 Å². The number of amides is 5.